The Morgan fingerprint density at radius 2 is 2.16 bits per heavy atom. The average molecular weight is 359 g/mol. The first-order valence-corrected chi connectivity index (χ1v) is 8.54. The lowest BCUT2D eigenvalue weighted by atomic mass is 9.97. The Morgan fingerprint density at radius 1 is 1.36 bits per heavy atom. The Bertz CT molecular complexity index is 918. The van der Waals surface area contributed by atoms with E-state index < -0.39 is 6.10 Å². The van der Waals surface area contributed by atoms with Crippen LogP contribution in [0.1, 0.15) is 28.6 Å². The van der Waals surface area contributed by atoms with Crippen LogP contribution >= 0.6 is 11.6 Å². The summed E-state index contributed by atoms with van der Waals surface area (Å²) in [6.45, 7) is 3.74. The lowest BCUT2D eigenvalue weighted by Crippen LogP contribution is -2.33. The molecule has 0 saturated heterocycles. The van der Waals surface area contributed by atoms with E-state index in [-0.39, 0.29) is 0 Å². The van der Waals surface area contributed by atoms with Gasteiger partial charge in [-0.3, -0.25) is 9.58 Å². The van der Waals surface area contributed by atoms with Gasteiger partial charge < -0.3 is 9.63 Å². The predicted molar refractivity (Wildman–Crippen MR) is 94.0 cm³/mol. The van der Waals surface area contributed by atoms with Crippen LogP contribution < -0.4 is 0 Å². The summed E-state index contributed by atoms with van der Waals surface area (Å²) < 4.78 is 6.82. The molecule has 130 valence electrons. The zero-order valence-electron chi connectivity index (χ0n) is 14.1. The van der Waals surface area contributed by atoms with Crippen LogP contribution in [0, 0.1) is 6.92 Å². The first kappa shape index (κ1) is 16.3. The molecule has 1 aromatic carbocycles. The number of fused-ring (bicyclic) bond motifs is 1. The standard InChI is InChI=1S/C18H19ClN4O2/c1-11-7-15(21-25-11)17-14(18(19)22(2)20-17)9-23-8-12-5-3-4-6-13(12)16(24)10-23/h3-7,16,24H,8-10H2,1-2H3. The second kappa shape index (κ2) is 6.29. The van der Waals surface area contributed by atoms with E-state index in [4.69, 9.17) is 16.1 Å². The molecule has 0 aliphatic carbocycles. The number of aliphatic hydroxyl groups is 1. The number of hydrogen-bond acceptors (Lipinski definition) is 5. The molecule has 2 aromatic heterocycles. The molecule has 1 aliphatic rings. The van der Waals surface area contributed by atoms with Gasteiger partial charge in [-0.15, -0.1) is 0 Å². The van der Waals surface area contributed by atoms with E-state index in [2.05, 4.69) is 21.2 Å². The normalized spacial score (nSPS) is 17.7. The van der Waals surface area contributed by atoms with Gasteiger partial charge in [0.2, 0.25) is 0 Å². The van der Waals surface area contributed by atoms with Crippen molar-refractivity contribution in [3.05, 3.63) is 57.9 Å². The van der Waals surface area contributed by atoms with Crippen LogP contribution in [0.4, 0.5) is 0 Å². The van der Waals surface area contributed by atoms with E-state index in [1.54, 1.807) is 4.68 Å². The second-order valence-electron chi connectivity index (χ2n) is 6.45. The monoisotopic (exact) mass is 358 g/mol. The average Bonchev–Trinajstić information content (AvgIpc) is 3.13. The summed E-state index contributed by atoms with van der Waals surface area (Å²) in [5.41, 5.74) is 4.43. The van der Waals surface area contributed by atoms with E-state index >= 15 is 0 Å². The fourth-order valence-corrected chi connectivity index (χ4v) is 3.55. The Morgan fingerprint density at radius 3 is 2.92 bits per heavy atom. The maximum absolute atomic E-state index is 10.5. The van der Waals surface area contributed by atoms with Gasteiger partial charge in [0.1, 0.15) is 22.3 Å². The molecule has 0 saturated carbocycles. The van der Waals surface area contributed by atoms with Gasteiger partial charge in [0.25, 0.3) is 0 Å². The van der Waals surface area contributed by atoms with Crippen LogP contribution in [0.25, 0.3) is 11.4 Å². The number of hydrogen-bond donors (Lipinski definition) is 1. The van der Waals surface area contributed by atoms with Gasteiger partial charge in [-0.2, -0.15) is 5.10 Å². The summed E-state index contributed by atoms with van der Waals surface area (Å²) >= 11 is 6.48. The van der Waals surface area contributed by atoms with Crippen LogP contribution in [0.5, 0.6) is 0 Å². The Labute approximate surface area is 150 Å². The summed E-state index contributed by atoms with van der Waals surface area (Å²) in [5.74, 6) is 0.727. The molecule has 1 N–H and O–H groups in total. The number of aliphatic hydroxyl groups excluding tert-OH is 1. The second-order valence-corrected chi connectivity index (χ2v) is 6.81. The van der Waals surface area contributed by atoms with Crippen molar-refractivity contribution in [3.8, 4) is 11.4 Å². The molecule has 0 bridgehead atoms. The minimum atomic E-state index is -0.502. The van der Waals surface area contributed by atoms with E-state index in [0.717, 1.165) is 34.7 Å². The lowest BCUT2D eigenvalue weighted by molar-refractivity contribution is 0.0883. The maximum atomic E-state index is 10.5. The lowest BCUT2D eigenvalue weighted by Gasteiger charge is -2.32. The zero-order valence-corrected chi connectivity index (χ0v) is 14.9. The molecule has 4 rings (SSSR count). The smallest absolute Gasteiger partial charge is 0.134 e. The van der Waals surface area contributed by atoms with Gasteiger partial charge in [-0.1, -0.05) is 41.0 Å². The van der Waals surface area contributed by atoms with E-state index in [1.165, 1.54) is 0 Å². The molecule has 1 atom stereocenters. The molecule has 7 heteroatoms. The highest BCUT2D eigenvalue weighted by Gasteiger charge is 2.27. The number of β-amino-alcohol motifs (C(OH)–C–C–N with tert-alkyl or cyclic N) is 1. The zero-order chi connectivity index (χ0) is 17.6. The maximum Gasteiger partial charge on any atom is 0.134 e. The van der Waals surface area contributed by atoms with Gasteiger partial charge in [0.05, 0.1) is 6.10 Å². The van der Waals surface area contributed by atoms with Crippen LogP contribution in [0.3, 0.4) is 0 Å². The highest BCUT2D eigenvalue weighted by atomic mass is 35.5. The summed E-state index contributed by atoms with van der Waals surface area (Å²) in [6, 6.07) is 9.84. The number of nitrogens with zero attached hydrogens (tertiary/aromatic N) is 4. The molecular formula is C18H19ClN4O2. The quantitative estimate of drug-likeness (QED) is 0.779. The molecular weight excluding hydrogens is 340 g/mol. The Hall–Kier alpha value is -2.15. The van der Waals surface area contributed by atoms with Crippen LogP contribution in [-0.2, 0) is 20.1 Å². The SMILES string of the molecule is Cc1cc(-c2nn(C)c(Cl)c2CN2Cc3ccccc3C(O)C2)no1. The fourth-order valence-electron chi connectivity index (χ4n) is 3.37. The van der Waals surface area contributed by atoms with Crippen LogP contribution in [0.15, 0.2) is 34.9 Å². The number of halogens is 1. The highest BCUT2D eigenvalue weighted by molar-refractivity contribution is 6.30. The van der Waals surface area contributed by atoms with Gasteiger partial charge >= 0.3 is 0 Å². The number of aryl methyl sites for hydroxylation is 2. The van der Waals surface area contributed by atoms with E-state index in [1.807, 2.05) is 38.2 Å². The molecule has 0 radical (unpaired) electrons. The third-order valence-corrected chi connectivity index (χ3v) is 5.03. The summed E-state index contributed by atoms with van der Waals surface area (Å²) in [6.07, 6.45) is -0.502. The summed E-state index contributed by atoms with van der Waals surface area (Å²) in [5, 5.41) is 19.6. The molecule has 3 aromatic rings. The van der Waals surface area contributed by atoms with Crippen LogP contribution in [-0.4, -0.2) is 31.5 Å². The summed E-state index contributed by atoms with van der Waals surface area (Å²) in [4.78, 5) is 2.17. The van der Waals surface area contributed by atoms with Crippen molar-refractivity contribution in [2.45, 2.75) is 26.1 Å². The van der Waals surface area contributed by atoms with Gasteiger partial charge in [0.15, 0.2) is 0 Å². The first-order chi connectivity index (χ1) is 12.0. The van der Waals surface area contributed by atoms with Crippen molar-refractivity contribution in [1.82, 2.24) is 19.8 Å². The minimum Gasteiger partial charge on any atom is -0.387 e. The fraction of sp³-hybridized carbons (Fsp3) is 0.333. The highest BCUT2D eigenvalue weighted by Crippen LogP contribution is 2.32. The third kappa shape index (κ3) is 2.97. The number of rotatable bonds is 3. The first-order valence-electron chi connectivity index (χ1n) is 8.16. The van der Waals surface area contributed by atoms with Crippen molar-refractivity contribution >= 4 is 11.6 Å². The number of aromatic nitrogens is 3. The predicted octanol–water partition coefficient (Wildman–Crippen LogP) is 3.09. The van der Waals surface area contributed by atoms with Crippen molar-refractivity contribution in [3.63, 3.8) is 0 Å². The number of benzene rings is 1. The van der Waals surface area contributed by atoms with Crippen molar-refractivity contribution < 1.29 is 9.63 Å². The molecule has 6 nitrogen and oxygen atoms in total. The van der Waals surface area contributed by atoms with Gasteiger partial charge in [-0.05, 0) is 18.1 Å². The van der Waals surface area contributed by atoms with Crippen LogP contribution in [0.2, 0.25) is 5.15 Å². The molecule has 0 spiro atoms. The van der Waals surface area contributed by atoms with Gasteiger partial charge in [-0.25, -0.2) is 0 Å². The molecule has 0 fully saturated rings. The minimum absolute atomic E-state index is 0.502. The van der Waals surface area contributed by atoms with Gasteiger partial charge in [0, 0.05) is 38.3 Å². The van der Waals surface area contributed by atoms with Crippen molar-refractivity contribution in [2.24, 2.45) is 7.05 Å². The van der Waals surface area contributed by atoms with Crippen molar-refractivity contribution in [2.75, 3.05) is 6.54 Å². The largest absolute Gasteiger partial charge is 0.387 e. The van der Waals surface area contributed by atoms with E-state index in [9.17, 15) is 5.11 Å². The summed E-state index contributed by atoms with van der Waals surface area (Å²) in [7, 11) is 1.81. The molecule has 3 heterocycles. The molecule has 0 amide bonds. The Balaban J connectivity index is 1.66. The Kier molecular flexibility index (Phi) is 4.11. The van der Waals surface area contributed by atoms with Crippen molar-refractivity contribution in [1.29, 1.82) is 0 Å². The topological polar surface area (TPSA) is 67.3 Å². The van der Waals surface area contributed by atoms with E-state index in [0.29, 0.717) is 23.9 Å². The molecule has 25 heavy (non-hydrogen) atoms. The molecule has 1 unspecified atom stereocenters. The molecule has 1 aliphatic heterocycles. The third-order valence-electron chi connectivity index (χ3n) is 4.56.